The summed E-state index contributed by atoms with van der Waals surface area (Å²) in [4.78, 5) is 26.2. The molecular formula is C22H28N4O3S. The van der Waals surface area contributed by atoms with Crippen molar-refractivity contribution in [1.82, 2.24) is 14.9 Å². The Hall–Kier alpha value is -2.03. The van der Waals surface area contributed by atoms with Gasteiger partial charge in [-0.2, -0.15) is 0 Å². The van der Waals surface area contributed by atoms with E-state index in [-0.39, 0.29) is 11.5 Å². The molecule has 1 unspecified atom stereocenters. The molecule has 2 saturated heterocycles. The average molecular weight is 429 g/mol. The van der Waals surface area contributed by atoms with Crippen molar-refractivity contribution in [3.8, 4) is 10.6 Å². The number of carbonyl (C=O) groups is 1. The van der Waals surface area contributed by atoms with Crippen LogP contribution in [0.15, 0.2) is 18.5 Å². The molecular weight excluding hydrogens is 400 g/mol. The molecule has 3 aliphatic rings. The third-order valence-electron chi connectivity index (χ3n) is 6.71. The van der Waals surface area contributed by atoms with Gasteiger partial charge in [0, 0.05) is 31.0 Å². The van der Waals surface area contributed by atoms with E-state index in [2.05, 4.69) is 16.0 Å². The van der Waals surface area contributed by atoms with E-state index in [4.69, 9.17) is 15.2 Å². The van der Waals surface area contributed by atoms with Crippen LogP contribution >= 0.6 is 11.3 Å². The van der Waals surface area contributed by atoms with Gasteiger partial charge in [-0.15, -0.1) is 11.3 Å². The summed E-state index contributed by atoms with van der Waals surface area (Å²) >= 11 is 1.77. The van der Waals surface area contributed by atoms with E-state index in [0.717, 1.165) is 55.7 Å². The second-order valence-corrected chi connectivity index (χ2v) is 9.83. The number of hydrogen-bond acceptors (Lipinski definition) is 7. The van der Waals surface area contributed by atoms with Crippen LogP contribution in [-0.2, 0) is 26.3 Å². The SMILES string of the molecule is CC1(C(=O)N2CCC3(CC2)OCCc2sc(-c4cnc(N)cn4)cc23)CCCCO1. The van der Waals surface area contributed by atoms with Crippen LogP contribution in [0, 0.1) is 0 Å². The molecule has 0 radical (unpaired) electrons. The molecule has 160 valence electrons. The summed E-state index contributed by atoms with van der Waals surface area (Å²) in [6, 6.07) is 2.21. The van der Waals surface area contributed by atoms with Crippen LogP contribution in [0.4, 0.5) is 5.82 Å². The van der Waals surface area contributed by atoms with E-state index in [1.165, 1.54) is 10.4 Å². The molecule has 5 rings (SSSR count). The molecule has 2 aromatic rings. The largest absolute Gasteiger partial charge is 0.382 e. The molecule has 3 aliphatic heterocycles. The number of hydrogen-bond donors (Lipinski definition) is 1. The molecule has 1 spiro atoms. The van der Waals surface area contributed by atoms with Crippen molar-refractivity contribution >= 4 is 23.1 Å². The quantitative estimate of drug-likeness (QED) is 0.790. The summed E-state index contributed by atoms with van der Waals surface area (Å²) in [6.45, 7) is 4.74. The van der Waals surface area contributed by atoms with E-state index in [1.807, 2.05) is 11.8 Å². The number of thiophene rings is 1. The monoisotopic (exact) mass is 428 g/mol. The minimum absolute atomic E-state index is 0.135. The zero-order chi connectivity index (χ0) is 20.8. The molecule has 0 saturated carbocycles. The summed E-state index contributed by atoms with van der Waals surface area (Å²) in [5.41, 5.74) is 6.82. The highest BCUT2D eigenvalue weighted by Crippen LogP contribution is 2.46. The fourth-order valence-electron chi connectivity index (χ4n) is 4.93. The number of amides is 1. The maximum atomic E-state index is 13.1. The standard InChI is InChI=1S/C22H28N4O3S/c1-21(5-2-3-10-28-21)20(27)26-8-6-22(7-9-26)15-12-18(30-17(15)4-11-29-22)16-13-25-19(23)14-24-16/h12-14H,2-11H2,1H3,(H2,23,25). The molecule has 8 heteroatoms. The van der Waals surface area contributed by atoms with E-state index in [1.54, 1.807) is 23.7 Å². The summed E-state index contributed by atoms with van der Waals surface area (Å²) in [7, 11) is 0. The number of likely N-dealkylation sites (tertiary alicyclic amines) is 1. The predicted molar refractivity (Wildman–Crippen MR) is 115 cm³/mol. The highest BCUT2D eigenvalue weighted by molar-refractivity contribution is 7.15. The molecule has 2 fully saturated rings. The number of nitrogen functional groups attached to an aromatic ring is 1. The Balaban J connectivity index is 1.35. The number of nitrogens with two attached hydrogens (primary N) is 1. The van der Waals surface area contributed by atoms with Gasteiger partial charge in [0.05, 0.1) is 35.2 Å². The van der Waals surface area contributed by atoms with Crippen LogP contribution in [-0.4, -0.2) is 52.7 Å². The van der Waals surface area contributed by atoms with Crippen molar-refractivity contribution in [3.63, 3.8) is 0 Å². The lowest BCUT2D eigenvalue weighted by Crippen LogP contribution is -2.55. The van der Waals surface area contributed by atoms with Crippen LogP contribution in [0.5, 0.6) is 0 Å². The Morgan fingerprint density at radius 2 is 1.97 bits per heavy atom. The summed E-state index contributed by atoms with van der Waals surface area (Å²) < 4.78 is 12.3. The van der Waals surface area contributed by atoms with E-state index in [9.17, 15) is 4.79 Å². The third kappa shape index (κ3) is 3.40. The molecule has 30 heavy (non-hydrogen) atoms. The lowest BCUT2D eigenvalue weighted by atomic mass is 9.81. The highest BCUT2D eigenvalue weighted by Gasteiger charge is 2.46. The number of fused-ring (bicyclic) bond motifs is 2. The first-order chi connectivity index (χ1) is 14.5. The number of carbonyl (C=O) groups excluding carboxylic acids is 1. The lowest BCUT2D eigenvalue weighted by molar-refractivity contribution is -0.168. The Bertz CT molecular complexity index is 928. The molecule has 2 aromatic heterocycles. The van der Waals surface area contributed by atoms with Gasteiger partial charge >= 0.3 is 0 Å². The van der Waals surface area contributed by atoms with E-state index < -0.39 is 5.60 Å². The lowest BCUT2D eigenvalue weighted by Gasteiger charge is -2.46. The van der Waals surface area contributed by atoms with Gasteiger partial charge in [0.2, 0.25) is 0 Å². The first-order valence-corrected chi connectivity index (χ1v) is 11.6. The smallest absolute Gasteiger partial charge is 0.254 e. The Kier molecular flexibility index (Phi) is 5.03. The number of anilines is 1. The first kappa shape index (κ1) is 19.9. The minimum Gasteiger partial charge on any atom is -0.382 e. The molecule has 7 nitrogen and oxygen atoms in total. The zero-order valence-electron chi connectivity index (χ0n) is 17.4. The zero-order valence-corrected chi connectivity index (χ0v) is 18.2. The normalized spacial score (nSPS) is 25.8. The maximum absolute atomic E-state index is 13.1. The van der Waals surface area contributed by atoms with Crippen molar-refractivity contribution in [2.24, 2.45) is 0 Å². The fourth-order valence-corrected chi connectivity index (χ4v) is 6.12. The van der Waals surface area contributed by atoms with Crippen molar-refractivity contribution in [3.05, 3.63) is 28.9 Å². The van der Waals surface area contributed by atoms with Crippen molar-refractivity contribution in [2.75, 3.05) is 32.0 Å². The van der Waals surface area contributed by atoms with Crippen LogP contribution in [0.25, 0.3) is 10.6 Å². The minimum atomic E-state index is -0.662. The summed E-state index contributed by atoms with van der Waals surface area (Å²) in [5.74, 6) is 0.559. The molecule has 5 heterocycles. The maximum Gasteiger partial charge on any atom is 0.254 e. The van der Waals surface area contributed by atoms with E-state index >= 15 is 0 Å². The second-order valence-electron chi connectivity index (χ2n) is 8.70. The van der Waals surface area contributed by atoms with Crippen molar-refractivity contribution < 1.29 is 14.3 Å². The molecule has 0 bridgehead atoms. The van der Waals surface area contributed by atoms with Gasteiger partial charge in [-0.25, -0.2) is 9.97 Å². The van der Waals surface area contributed by atoms with Gasteiger partial charge in [0.1, 0.15) is 11.4 Å². The van der Waals surface area contributed by atoms with Gasteiger partial charge < -0.3 is 20.1 Å². The summed E-state index contributed by atoms with van der Waals surface area (Å²) in [6.07, 6.45) is 8.77. The Morgan fingerprint density at radius 3 is 2.67 bits per heavy atom. The summed E-state index contributed by atoms with van der Waals surface area (Å²) in [5, 5.41) is 0. The number of nitrogens with zero attached hydrogens (tertiary/aromatic N) is 3. The van der Waals surface area contributed by atoms with E-state index in [0.29, 0.717) is 25.5 Å². The Labute approximate surface area is 180 Å². The van der Waals surface area contributed by atoms with Crippen LogP contribution in [0.3, 0.4) is 0 Å². The van der Waals surface area contributed by atoms with Crippen LogP contribution in [0.1, 0.15) is 49.5 Å². The molecule has 1 atom stereocenters. The van der Waals surface area contributed by atoms with Gasteiger partial charge in [-0.05, 0) is 50.7 Å². The van der Waals surface area contributed by atoms with Crippen molar-refractivity contribution in [1.29, 1.82) is 0 Å². The second kappa shape index (κ2) is 7.59. The van der Waals surface area contributed by atoms with Gasteiger partial charge in [0.15, 0.2) is 0 Å². The fraction of sp³-hybridized carbons (Fsp3) is 0.591. The molecule has 0 aromatic carbocycles. The van der Waals surface area contributed by atoms with Gasteiger partial charge in [-0.3, -0.25) is 4.79 Å². The van der Waals surface area contributed by atoms with Crippen molar-refractivity contribution in [2.45, 2.75) is 56.7 Å². The molecule has 2 N–H and O–H groups in total. The highest BCUT2D eigenvalue weighted by atomic mass is 32.1. The topological polar surface area (TPSA) is 90.6 Å². The predicted octanol–water partition coefficient (Wildman–Crippen LogP) is 3.14. The van der Waals surface area contributed by atoms with Gasteiger partial charge in [0.25, 0.3) is 5.91 Å². The number of piperidine rings is 1. The molecule has 1 amide bonds. The number of ether oxygens (including phenoxy) is 2. The third-order valence-corrected chi connectivity index (χ3v) is 7.93. The Morgan fingerprint density at radius 1 is 1.13 bits per heavy atom. The van der Waals surface area contributed by atoms with Gasteiger partial charge in [-0.1, -0.05) is 0 Å². The molecule has 0 aliphatic carbocycles. The number of aromatic nitrogens is 2. The number of rotatable bonds is 2. The first-order valence-electron chi connectivity index (χ1n) is 10.8. The van der Waals surface area contributed by atoms with Crippen LogP contribution in [0.2, 0.25) is 0 Å². The van der Waals surface area contributed by atoms with Crippen LogP contribution < -0.4 is 5.73 Å². The average Bonchev–Trinajstić information content (AvgIpc) is 3.21.